The van der Waals surface area contributed by atoms with E-state index in [0.29, 0.717) is 0 Å². The summed E-state index contributed by atoms with van der Waals surface area (Å²) in [5.74, 6) is -1.92. The van der Waals surface area contributed by atoms with Crippen LogP contribution in [0.5, 0.6) is 0 Å². The van der Waals surface area contributed by atoms with Crippen LogP contribution in [0.3, 0.4) is 0 Å². The summed E-state index contributed by atoms with van der Waals surface area (Å²) in [5.41, 5.74) is -1.63. The summed E-state index contributed by atoms with van der Waals surface area (Å²) in [7, 11) is -4.46. The minimum absolute atomic E-state index is 0.676. The molecule has 1 saturated heterocycles. The fourth-order valence-electron chi connectivity index (χ4n) is 2.26. The molecular weight excluding hydrogens is 391 g/mol. The quantitative estimate of drug-likeness (QED) is 0.224. The van der Waals surface area contributed by atoms with Crippen LogP contribution in [0.2, 0.25) is 0 Å². The van der Waals surface area contributed by atoms with Crippen LogP contribution in [0.4, 0.5) is 0 Å². The normalized spacial score (nSPS) is 25.2. The molecule has 0 unspecified atom stereocenters. The number of carbonyl (C=O) groups is 2. The molecule has 7 N–H and O–H groups in total. The minimum atomic E-state index is -4.46. The number of H-pyrrole nitrogens is 1. The van der Waals surface area contributed by atoms with Gasteiger partial charge in [-0.15, -0.1) is 0 Å². The Kier molecular flexibility index (Phi) is 6.30. The second kappa shape index (κ2) is 8.12. The highest BCUT2D eigenvalue weighted by Gasteiger charge is 2.47. The van der Waals surface area contributed by atoms with Crippen LogP contribution >= 0.6 is 7.60 Å². The standard InChI is InChI=1S/C12H17N4O10P/c17-5-1-2-16(12(22)15-5)11-8(20)7(19)9(26-11)10(21)13-3-6(18)14-4-27(23,24)25/h1-2,7-9,11,19-20H,3-4H2,(H,13,21)(H,14,18)(H,15,17,22)(H2,23,24,25)/t7-,8+,9+,11-/m1/s1. The molecule has 2 heterocycles. The first-order valence-electron chi connectivity index (χ1n) is 7.41. The summed E-state index contributed by atoms with van der Waals surface area (Å²) in [6.07, 6.45) is -6.44. The summed E-state index contributed by atoms with van der Waals surface area (Å²) in [5, 5.41) is 23.9. The number of hydrogen-bond donors (Lipinski definition) is 7. The first-order chi connectivity index (χ1) is 12.5. The second-order valence-corrected chi connectivity index (χ2v) is 7.23. The van der Waals surface area contributed by atoms with Crippen molar-refractivity contribution in [2.45, 2.75) is 24.5 Å². The van der Waals surface area contributed by atoms with E-state index in [2.05, 4.69) is 5.32 Å². The van der Waals surface area contributed by atoms with Gasteiger partial charge in [0, 0.05) is 12.3 Å². The Morgan fingerprint density at radius 2 is 1.89 bits per heavy atom. The lowest BCUT2D eigenvalue weighted by atomic mass is 10.1. The van der Waals surface area contributed by atoms with Gasteiger partial charge in [0.05, 0.1) is 6.54 Å². The Balaban J connectivity index is 1.99. The molecule has 150 valence electrons. The number of nitrogens with zero attached hydrogens (tertiary/aromatic N) is 1. The molecule has 4 atom stereocenters. The molecule has 0 saturated carbocycles. The lowest BCUT2D eigenvalue weighted by molar-refractivity contribution is -0.139. The molecule has 0 aliphatic carbocycles. The number of carbonyl (C=O) groups excluding carboxylic acids is 2. The predicted octanol–water partition coefficient (Wildman–Crippen LogP) is -4.48. The van der Waals surface area contributed by atoms with Gasteiger partial charge in [-0.05, 0) is 0 Å². The van der Waals surface area contributed by atoms with Crippen molar-refractivity contribution in [3.63, 3.8) is 0 Å². The molecule has 1 aliphatic rings. The summed E-state index contributed by atoms with van der Waals surface area (Å²) < 4.78 is 16.6. The minimum Gasteiger partial charge on any atom is -0.387 e. The number of aliphatic hydroxyl groups is 2. The van der Waals surface area contributed by atoms with E-state index in [0.717, 1.165) is 16.8 Å². The first kappa shape index (κ1) is 21.0. The monoisotopic (exact) mass is 408 g/mol. The van der Waals surface area contributed by atoms with Crippen molar-refractivity contribution >= 4 is 19.4 Å². The maximum Gasteiger partial charge on any atom is 0.344 e. The van der Waals surface area contributed by atoms with Crippen LogP contribution in [0.25, 0.3) is 0 Å². The third kappa shape index (κ3) is 5.32. The molecule has 15 heteroatoms. The SMILES string of the molecule is O=C(CNC(=O)[C@H]1O[C@@H](n2ccc(=O)[nH]c2=O)[C@@H](O)[C@H]1O)NCP(=O)(O)O. The average molecular weight is 408 g/mol. The Morgan fingerprint density at radius 1 is 1.22 bits per heavy atom. The van der Waals surface area contributed by atoms with Gasteiger partial charge in [0.2, 0.25) is 5.91 Å². The van der Waals surface area contributed by atoms with Gasteiger partial charge in [0.25, 0.3) is 11.5 Å². The van der Waals surface area contributed by atoms with Crippen LogP contribution < -0.4 is 21.9 Å². The van der Waals surface area contributed by atoms with E-state index in [4.69, 9.17) is 14.5 Å². The zero-order chi connectivity index (χ0) is 20.4. The van der Waals surface area contributed by atoms with E-state index in [1.54, 1.807) is 0 Å². The zero-order valence-corrected chi connectivity index (χ0v) is 14.4. The third-order valence-corrected chi connectivity index (χ3v) is 4.10. The highest BCUT2D eigenvalue weighted by Crippen LogP contribution is 2.31. The molecule has 0 spiro atoms. The molecule has 0 radical (unpaired) electrons. The van der Waals surface area contributed by atoms with Crippen molar-refractivity contribution in [2.24, 2.45) is 0 Å². The van der Waals surface area contributed by atoms with Crippen LogP contribution in [0.15, 0.2) is 21.9 Å². The number of hydrogen-bond acceptors (Lipinski definition) is 8. The molecule has 1 aromatic rings. The molecule has 1 aliphatic heterocycles. The number of aromatic amines is 1. The van der Waals surface area contributed by atoms with Gasteiger partial charge in [-0.3, -0.25) is 28.5 Å². The number of aliphatic hydroxyl groups excluding tert-OH is 2. The predicted molar refractivity (Wildman–Crippen MR) is 85.3 cm³/mol. The van der Waals surface area contributed by atoms with Crippen LogP contribution in [-0.4, -0.2) is 72.5 Å². The van der Waals surface area contributed by atoms with Crippen molar-refractivity contribution in [1.29, 1.82) is 0 Å². The maximum absolute atomic E-state index is 12.0. The number of amides is 2. The topological polar surface area (TPSA) is 220 Å². The molecule has 1 aromatic heterocycles. The third-order valence-electron chi connectivity index (χ3n) is 3.53. The van der Waals surface area contributed by atoms with Crippen LogP contribution in [-0.2, 0) is 18.9 Å². The van der Waals surface area contributed by atoms with E-state index in [9.17, 15) is 34.0 Å². The van der Waals surface area contributed by atoms with Crippen LogP contribution in [0, 0.1) is 0 Å². The van der Waals surface area contributed by atoms with Crippen molar-refractivity contribution in [1.82, 2.24) is 20.2 Å². The van der Waals surface area contributed by atoms with E-state index in [1.807, 2.05) is 10.3 Å². The lowest BCUT2D eigenvalue weighted by Gasteiger charge is -2.16. The maximum atomic E-state index is 12.0. The van der Waals surface area contributed by atoms with E-state index < -0.39 is 68.0 Å². The Bertz CT molecular complexity index is 875. The fraction of sp³-hybridized carbons (Fsp3) is 0.500. The fourth-order valence-corrected chi connectivity index (χ4v) is 2.64. The van der Waals surface area contributed by atoms with Gasteiger partial charge in [-0.25, -0.2) is 4.79 Å². The van der Waals surface area contributed by atoms with Crippen LogP contribution in [0.1, 0.15) is 6.23 Å². The Hall–Kier alpha value is -2.35. The molecule has 2 rings (SSSR count). The second-order valence-electron chi connectivity index (χ2n) is 5.59. The molecule has 0 aromatic carbocycles. The molecule has 0 bridgehead atoms. The Morgan fingerprint density at radius 3 is 2.48 bits per heavy atom. The van der Waals surface area contributed by atoms with E-state index in [1.165, 1.54) is 0 Å². The number of ether oxygens (including phenoxy) is 1. The number of nitrogens with one attached hydrogen (secondary N) is 3. The van der Waals surface area contributed by atoms with Crippen molar-refractivity contribution in [3.05, 3.63) is 33.1 Å². The van der Waals surface area contributed by atoms with E-state index in [-0.39, 0.29) is 0 Å². The number of aromatic nitrogens is 2. The molecule has 1 fully saturated rings. The number of rotatable bonds is 6. The van der Waals surface area contributed by atoms with Gasteiger partial charge in [0.15, 0.2) is 12.3 Å². The van der Waals surface area contributed by atoms with Crippen molar-refractivity contribution in [3.8, 4) is 0 Å². The molecular formula is C12H17N4O10P. The zero-order valence-electron chi connectivity index (χ0n) is 13.5. The van der Waals surface area contributed by atoms with Crippen molar-refractivity contribution < 1.29 is 38.9 Å². The molecule has 27 heavy (non-hydrogen) atoms. The van der Waals surface area contributed by atoms with Gasteiger partial charge in [-0.1, -0.05) is 0 Å². The van der Waals surface area contributed by atoms with Gasteiger partial charge in [-0.2, -0.15) is 0 Å². The summed E-state index contributed by atoms with van der Waals surface area (Å²) in [6, 6.07) is 0.975. The highest BCUT2D eigenvalue weighted by atomic mass is 31.2. The van der Waals surface area contributed by atoms with E-state index >= 15 is 0 Å². The molecule has 14 nitrogen and oxygen atoms in total. The van der Waals surface area contributed by atoms with Gasteiger partial charge in [0.1, 0.15) is 18.5 Å². The largest absolute Gasteiger partial charge is 0.387 e. The summed E-state index contributed by atoms with van der Waals surface area (Å²) in [6.45, 7) is -0.676. The highest BCUT2D eigenvalue weighted by molar-refractivity contribution is 7.51. The smallest absolute Gasteiger partial charge is 0.344 e. The van der Waals surface area contributed by atoms with Gasteiger partial charge >= 0.3 is 13.3 Å². The van der Waals surface area contributed by atoms with Crippen molar-refractivity contribution in [2.75, 3.05) is 12.8 Å². The summed E-state index contributed by atoms with van der Waals surface area (Å²) in [4.78, 5) is 65.5. The molecule has 2 amide bonds. The first-order valence-corrected chi connectivity index (χ1v) is 9.21. The lowest BCUT2D eigenvalue weighted by Crippen LogP contribution is -2.46. The van der Waals surface area contributed by atoms with Gasteiger partial charge < -0.3 is 35.4 Å². The average Bonchev–Trinajstić information content (AvgIpc) is 2.86. The summed E-state index contributed by atoms with van der Waals surface area (Å²) >= 11 is 0. The Labute approximate surface area is 149 Å².